The number of anilines is 1. The summed E-state index contributed by atoms with van der Waals surface area (Å²) < 4.78 is 0. The molecule has 0 aliphatic rings. The summed E-state index contributed by atoms with van der Waals surface area (Å²) >= 11 is 6.07. The molecular weight excluding hydrogens is 218 g/mol. The Balaban J connectivity index is 2.08. The average molecular weight is 232 g/mol. The molecule has 82 valence electrons. The summed E-state index contributed by atoms with van der Waals surface area (Å²) in [7, 11) is 0. The molecule has 1 N–H and O–H groups in total. The van der Waals surface area contributed by atoms with Gasteiger partial charge in [-0.25, -0.2) is 0 Å². The standard InChI is InChI=1S/C14H14ClN/c1-11-12(6-5-9-14(11)15)10-16-13-7-3-2-4-8-13/h2-9,16H,10H2,1H3. The van der Waals surface area contributed by atoms with Gasteiger partial charge in [-0.3, -0.25) is 0 Å². The zero-order valence-electron chi connectivity index (χ0n) is 9.20. The molecule has 16 heavy (non-hydrogen) atoms. The Morgan fingerprint density at radius 1 is 1.00 bits per heavy atom. The molecule has 0 saturated heterocycles. The van der Waals surface area contributed by atoms with Gasteiger partial charge in [0.1, 0.15) is 0 Å². The molecule has 2 aromatic rings. The number of rotatable bonds is 3. The highest BCUT2D eigenvalue weighted by molar-refractivity contribution is 6.31. The van der Waals surface area contributed by atoms with Crippen LogP contribution in [0.2, 0.25) is 5.02 Å². The summed E-state index contributed by atoms with van der Waals surface area (Å²) in [5, 5.41) is 4.20. The molecule has 0 fully saturated rings. The second kappa shape index (κ2) is 5.04. The zero-order chi connectivity index (χ0) is 11.4. The molecular formula is C14H14ClN. The van der Waals surface area contributed by atoms with E-state index >= 15 is 0 Å². The third kappa shape index (κ3) is 2.56. The van der Waals surface area contributed by atoms with E-state index in [1.807, 2.05) is 37.3 Å². The molecule has 0 aliphatic carbocycles. The van der Waals surface area contributed by atoms with Crippen molar-refractivity contribution >= 4 is 17.3 Å². The van der Waals surface area contributed by atoms with Crippen LogP contribution in [0.1, 0.15) is 11.1 Å². The summed E-state index contributed by atoms with van der Waals surface area (Å²) in [4.78, 5) is 0. The van der Waals surface area contributed by atoms with Crippen LogP contribution in [0.25, 0.3) is 0 Å². The van der Waals surface area contributed by atoms with E-state index in [1.54, 1.807) is 0 Å². The van der Waals surface area contributed by atoms with Crippen LogP contribution in [0.5, 0.6) is 0 Å². The van der Waals surface area contributed by atoms with Gasteiger partial charge in [0.05, 0.1) is 0 Å². The lowest BCUT2D eigenvalue weighted by molar-refractivity contribution is 1.12. The second-order valence-corrected chi connectivity index (χ2v) is 4.15. The van der Waals surface area contributed by atoms with Crippen molar-refractivity contribution in [3.8, 4) is 0 Å². The molecule has 2 rings (SSSR count). The van der Waals surface area contributed by atoms with Gasteiger partial charge in [0, 0.05) is 17.3 Å². The van der Waals surface area contributed by atoms with Crippen molar-refractivity contribution in [3.05, 3.63) is 64.7 Å². The molecule has 0 atom stereocenters. The summed E-state index contributed by atoms with van der Waals surface area (Å²) in [6.45, 7) is 2.85. The number of hydrogen-bond donors (Lipinski definition) is 1. The highest BCUT2D eigenvalue weighted by atomic mass is 35.5. The minimum Gasteiger partial charge on any atom is -0.381 e. The molecule has 0 spiro atoms. The Labute approximate surface area is 101 Å². The quantitative estimate of drug-likeness (QED) is 0.832. The Morgan fingerprint density at radius 3 is 2.50 bits per heavy atom. The summed E-state index contributed by atoms with van der Waals surface area (Å²) in [6, 6.07) is 16.2. The van der Waals surface area contributed by atoms with Crippen LogP contribution >= 0.6 is 11.6 Å². The van der Waals surface area contributed by atoms with Crippen molar-refractivity contribution in [1.82, 2.24) is 0 Å². The molecule has 0 amide bonds. The SMILES string of the molecule is Cc1c(Cl)cccc1CNc1ccccc1. The van der Waals surface area contributed by atoms with Gasteiger partial charge in [-0.15, -0.1) is 0 Å². The first-order valence-electron chi connectivity index (χ1n) is 5.30. The molecule has 0 bridgehead atoms. The molecule has 0 saturated carbocycles. The zero-order valence-corrected chi connectivity index (χ0v) is 9.96. The number of para-hydroxylation sites is 1. The second-order valence-electron chi connectivity index (χ2n) is 3.74. The van der Waals surface area contributed by atoms with Gasteiger partial charge in [-0.1, -0.05) is 41.9 Å². The largest absolute Gasteiger partial charge is 0.381 e. The molecule has 2 heteroatoms. The molecule has 2 aromatic carbocycles. The van der Waals surface area contributed by atoms with Crippen molar-refractivity contribution in [2.75, 3.05) is 5.32 Å². The van der Waals surface area contributed by atoms with Crippen molar-refractivity contribution < 1.29 is 0 Å². The fourth-order valence-corrected chi connectivity index (χ4v) is 1.79. The van der Waals surface area contributed by atoms with E-state index in [0.29, 0.717) is 0 Å². The first kappa shape index (κ1) is 11.0. The highest BCUT2D eigenvalue weighted by Crippen LogP contribution is 2.19. The van der Waals surface area contributed by atoms with Crippen molar-refractivity contribution in [2.24, 2.45) is 0 Å². The number of halogens is 1. The average Bonchev–Trinajstić information content (AvgIpc) is 2.32. The van der Waals surface area contributed by atoms with Crippen LogP contribution in [0, 0.1) is 6.92 Å². The van der Waals surface area contributed by atoms with Crippen LogP contribution in [0.3, 0.4) is 0 Å². The lowest BCUT2D eigenvalue weighted by atomic mass is 10.1. The van der Waals surface area contributed by atoms with Gasteiger partial charge in [-0.2, -0.15) is 0 Å². The maximum absolute atomic E-state index is 6.07. The predicted octanol–water partition coefficient (Wildman–Crippen LogP) is 4.26. The lowest BCUT2D eigenvalue weighted by Crippen LogP contribution is -2.01. The van der Waals surface area contributed by atoms with E-state index in [9.17, 15) is 0 Å². The molecule has 0 heterocycles. The molecule has 0 aromatic heterocycles. The van der Waals surface area contributed by atoms with Crippen molar-refractivity contribution in [3.63, 3.8) is 0 Å². The monoisotopic (exact) mass is 231 g/mol. The minimum atomic E-state index is 0.802. The summed E-state index contributed by atoms with van der Waals surface area (Å²) in [5.41, 5.74) is 3.51. The molecule has 0 aliphatic heterocycles. The van der Waals surface area contributed by atoms with Gasteiger partial charge in [-0.05, 0) is 36.2 Å². The first-order chi connectivity index (χ1) is 7.77. The third-order valence-corrected chi connectivity index (χ3v) is 3.05. The topological polar surface area (TPSA) is 12.0 Å². The van der Waals surface area contributed by atoms with Gasteiger partial charge in [0.25, 0.3) is 0 Å². The van der Waals surface area contributed by atoms with E-state index < -0.39 is 0 Å². The number of hydrogen-bond acceptors (Lipinski definition) is 1. The predicted molar refractivity (Wildman–Crippen MR) is 70.0 cm³/mol. The lowest BCUT2D eigenvalue weighted by Gasteiger charge is -2.09. The fourth-order valence-electron chi connectivity index (χ4n) is 1.60. The van der Waals surface area contributed by atoms with Gasteiger partial charge < -0.3 is 5.32 Å². The van der Waals surface area contributed by atoms with Crippen molar-refractivity contribution in [1.29, 1.82) is 0 Å². The van der Waals surface area contributed by atoms with E-state index in [4.69, 9.17) is 11.6 Å². The van der Waals surface area contributed by atoms with Crippen molar-refractivity contribution in [2.45, 2.75) is 13.5 Å². The van der Waals surface area contributed by atoms with Crippen LogP contribution in [-0.2, 0) is 6.54 Å². The Morgan fingerprint density at radius 2 is 1.75 bits per heavy atom. The molecule has 0 unspecified atom stereocenters. The van der Waals surface area contributed by atoms with Gasteiger partial charge in [0.15, 0.2) is 0 Å². The smallest absolute Gasteiger partial charge is 0.0438 e. The highest BCUT2D eigenvalue weighted by Gasteiger charge is 2.01. The normalized spacial score (nSPS) is 10.1. The van der Waals surface area contributed by atoms with E-state index in [1.165, 1.54) is 5.56 Å². The number of benzene rings is 2. The third-order valence-electron chi connectivity index (χ3n) is 2.64. The maximum Gasteiger partial charge on any atom is 0.0438 e. The molecule has 0 radical (unpaired) electrons. The summed E-state index contributed by atoms with van der Waals surface area (Å²) in [6.07, 6.45) is 0. The number of nitrogens with one attached hydrogen (secondary N) is 1. The Bertz CT molecular complexity index is 465. The van der Waals surface area contributed by atoms with E-state index in [2.05, 4.69) is 23.5 Å². The van der Waals surface area contributed by atoms with Gasteiger partial charge in [0.2, 0.25) is 0 Å². The van der Waals surface area contributed by atoms with Gasteiger partial charge >= 0.3 is 0 Å². The van der Waals surface area contributed by atoms with E-state index in [0.717, 1.165) is 22.8 Å². The maximum atomic E-state index is 6.07. The minimum absolute atomic E-state index is 0.802. The van der Waals surface area contributed by atoms with Crippen LogP contribution in [-0.4, -0.2) is 0 Å². The first-order valence-corrected chi connectivity index (χ1v) is 5.68. The van der Waals surface area contributed by atoms with Crippen LogP contribution in [0.15, 0.2) is 48.5 Å². The Kier molecular flexibility index (Phi) is 3.47. The summed E-state index contributed by atoms with van der Waals surface area (Å²) in [5.74, 6) is 0. The molecule has 1 nitrogen and oxygen atoms in total. The van der Waals surface area contributed by atoms with E-state index in [-0.39, 0.29) is 0 Å². The fraction of sp³-hybridized carbons (Fsp3) is 0.143. The van der Waals surface area contributed by atoms with Crippen LogP contribution < -0.4 is 5.32 Å². The van der Waals surface area contributed by atoms with Crippen LogP contribution in [0.4, 0.5) is 5.69 Å². The Hall–Kier alpha value is -1.47.